The highest BCUT2D eigenvalue weighted by Gasteiger charge is 2.47. The van der Waals surface area contributed by atoms with Crippen LogP contribution in [0.2, 0.25) is 0 Å². The summed E-state index contributed by atoms with van der Waals surface area (Å²) < 4.78 is 0. The highest BCUT2D eigenvalue weighted by molar-refractivity contribution is 7.80. The van der Waals surface area contributed by atoms with Gasteiger partial charge in [-0.05, 0) is 50.2 Å². The van der Waals surface area contributed by atoms with Crippen LogP contribution >= 0.6 is 12.2 Å². The lowest BCUT2D eigenvalue weighted by atomic mass is 10.1. The van der Waals surface area contributed by atoms with Crippen LogP contribution in [0, 0.1) is 11.8 Å². The van der Waals surface area contributed by atoms with Gasteiger partial charge < -0.3 is 5.32 Å². The van der Waals surface area contributed by atoms with E-state index in [9.17, 15) is 0 Å². The Labute approximate surface area is 97.6 Å². The Hall–Kier alpha value is -0.350. The van der Waals surface area contributed by atoms with Crippen LogP contribution in [0.5, 0.6) is 0 Å². The second-order valence-corrected chi connectivity index (χ2v) is 5.74. The summed E-state index contributed by atoms with van der Waals surface area (Å²) >= 11 is 5.34. The van der Waals surface area contributed by atoms with E-state index in [-0.39, 0.29) is 5.66 Å². The molecular weight excluding hydrogens is 206 g/mol. The molecule has 1 saturated heterocycles. The summed E-state index contributed by atoms with van der Waals surface area (Å²) in [5.41, 5.74) is 3.54. The molecule has 2 rings (SSSR count). The normalized spacial score (nSPS) is 31.2. The number of hydrogen-bond acceptors (Lipinski definition) is 2. The Balaban J connectivity index is 1.89. The smallest absolute Gasteiger partial charge is 0.185 e. The minimum Gasteiger partial charge on any atom is -0.342 e. The standard InChI is InChI=1S/C11H21N3S/c1-8(2)6-7-14-10(15)12-11(3,13-14)9-4-5-9/h8-9,13H,4-7H2,1-3H3,(H,12,15)/t11-/m1/s1. The molecule has 1 saturated carbocycles. The lowest BCUT2D eigenvalue weighted by molar-refractivity contribution is 0.203. The van der Waals surface area contributed by atoms with E-state index >= 15 is 0 Å². The third kappa shape index (κ3) is 2.42. The van der Waals surface area contributed by atoms with Crippen molar-refractivity contribution in [2.24, 2.45) is 11.8 Å². The average Bonchev–Trinajstić information content (AvgIpc) is 2.91. The molecule has 3 nitrogen and oxygen atoms in total. The van der Waals surface area contributed by atoms with Gasteiger partial charge in [0.2, 0.25) is 0 Å². The van der Waals surface area contributed by atoms with E-state index in [1.54, 1.807) is 0 Å². The zero-order valence-electron chi connectivity index (χ0n) is 9.84. The van der Waals surface area contributed by atoms with Gasteiger partial charge in [0.15, 0.2) is 5.11 Å². The third-order valence-electron chi connectivity index (χ3n) is 3.30. The molecule has 0 aromatic heterocycles. The molecule has 2 fully saturated rings. The first kappa shape index (κ1) is 11.1. The summed E-state index contributed by atoms with van der Waals surface area (Å²) in [6, 6.07) is 0. The van der Waals surface area contributed by atoms with Crippen molar-refractivity contribution in [3.63, 3.8) is 0 Å². The molecule has 2 aliphatic rings. The summed E-state index contributed by atoms with van der Waals surface area (Å²) in [5.74, 6) is 1.47. The minimum atomic E-state index is 0.0219. The monoisotopic (exact) mass is 227 g/mol. The first-order valence-electron chi connectivity index (χ1n) is 5.89. The van der Waals surface area contributed by atoms with Crippen LogP contribution < -0.4 is 10.7 Å². The van der Waals surface area contributed by atoms with Crippen molar-refractivity contribution >= 4 is 17.3 Å². The molecule has 0 spiro atoms. The van der Waals surface area contributed by atoms with E-state index in [4.69, 9.17) is 12.2 Å². The second kappa shape index (κ2) is 3.91. The van der Waals surface area contributed by atoms with Crippen molar-refractivity contribution in [3.8, 4) is 0 Å². The Morgan fingerprint density at radius 1 is 1.53 bits per heavy atom. The Morgan fingerprint density at radius 2 is 2.20 bits per heavy atom. The molecule has 1 atom stereocenters. The number of rotatable bonds is 4. The molecule has 0 aromatic rings. The first-order chi connectivity index (χ1) is 7.01. The predicted molar refractivity (Wildman–Crippen MR) is 66.2 cm³/mol. The van der Waals surface area contributed by atoms with E-state index in [0.717, 1.165) is 23.5 Å². The Kier molecular flexibility index (Phi) is 2.90. The lowest BCUT2D eigenvalue weighted by Gasteiger charge is -2.25. The van der Waals surface area contributed by atoms with Crippen LogP contribution in [-0.2, 0) is 0 Å². The molecule has 0 unspecified atom stereocenters. The average molecular weight is 227 g/mol. The number of thiocarbonyl (C=S) groups is 1. The fourth-order valence-electron chi connectivity index (χ4n) is 2.05. The third-order valence-corrected chi connectivity index (χ3v) is 3.63. The van der Waals surface area contributed by atoms with Gasteiger partial charge in [0.1, 0.15) is 5.66 Å². The molecule has 1 aliphatic heterocycles. The maximum absolute atomic E-state index is 5.34. The van der Waals surface area contributed by atoms with E-state index in [1.807, 2.05) is 0 Å². The van der Waals surface area contributed by atoms with Gasteiger partial charge in [0.05, 0.1) is 0 Å². The summed E-state index contributed by atoms with van der Waals surface area (Å²) in [7, 11) is 0. The fraction of sp³-hybridized carbons (Fsp3) is 0.909. The van der Waals surface area contributed by atoms with Gasteiger partial charge in [-0.25, -0.2) is 5.43 Å². The molecule has 0 radical (unpaired) electrons. The topological polar surface area (TPSA) is 27.3 Å². The largest absolute Gasteiger partial charge is 0.342 e. The number of nitrogens with one attached hydrogen (secondary N) is 2. The van der Waals surface area contributed by atoms with Crippen molar-refractivity contribution in [1.82, 2.24) is 15.8 Å². The van der Waals surface area contributed by atoms with Crippen molar-refractivity contribution in [2.75, 3.05) is 6.54 Å². The first-order valence-corrected chi connectivity index (χ1v) is 6.29. The fourth-order valence-corrected chi connectivity index (χ4v) is 2.40. The molecular formula is C11H21N3S. The van der Waals surface area contributed by atoms with Gasteiger partial charge in [-0.2, -0.15) is 0 Å². The quantitative estimate of drug-likeness (QED) is 0.717. The molecule has 15 heavy (non-hydrogen) atoms. The molecule has 0 bridgehead atoms. The highest BCUT2D eigenvalue weighted by atomic mass is 32.1. The van der Waals surface area contributed by atoms with Gasteiger partial charge in [0.25, 0.3) is 0 Å². The highest BCUT2D eigenvalue weighted by Crippen LogP contribution is 2.39. The molecule has 1 heterocycles. The molecule has 86 valence electrons. The van der Waals surface area contributed by atoms with Gasteiger partial charge >= 0.3 is 0 Å². The second-order valence-electron chi connectivity index (χ2n) is 5.35. The van der Waals surface area contributed by atoms with Gasteiger partial charge in [0, 0.05) is 6.54 Å². The van der Waals surface area contributed by atoms with E-state index < -0.39 is 0 Å². The van der Waals surface area contributed by atoms with E-state index in [0.29, 0.717) is 0 Å². The van der Waals surface area contributed by atoms with Crippen LogP contribution in [-0.4, -0.2) is 22.3 Å². The molecule has 2 N–H and O–H groups in total. The van der Waals surface area contributed by atoms with Crippen LogP contribution in [0.1, 0.15) is 40.0 Å². The van der Waals surface area contributed by atoms with Gasteiger partial charge in [-0.15, -0.1) is 0 Å². The van der Waals surface area contributed by atoms with Crippen molar-refractivity contribution < 1.29 is 0 Å². The molecule has 4 heteroatoms. The van der Waals surface area contributed by atoms with Crippen LogP contribution in [0.4, 0.5) is 0 Å². The minimum absolute atomic E-state index is 0.0219. The van der Waals surface area contributed by atoms with Gasteiger partial charge in [-0.3, -0.25) is 5.01 Å². The summed E-state index contributed by atoms with van der Waals surface area (Å²) in [4.78, 5) is 0. The predicted octanol–water partition coefficient (Wildman–Crippen LogP) is 1.85. The van der Waals surface area contributed by atoms with Crippen molar-refractivity contribution in [3.05, 3.63) is 0 Å². The lowest BCUT2D eigenvalue weighted by Crippen LogP contribution is -2.50. The van der Waals surface area contributed by atoms with Crippen molar-refractivity contribution in [2.45, 2.75) is 45.7 Å². The maximum atomic E-state index is 5.34. The SMILES string of the molecule is CC(C)CCN1N[C@](C)(C2CC2)NC1=S. The Morgan fingerprint density at radius 3 is 2.73 bits per heavy atom. The number of nitrogens with zero attached hydrogens (tertiary/aromatic N) is 1. The number of hydrazine groups is 1. The summed E-state index contributed by atoms with van der Waals surface area (Å²) in [6.45, 7) is 7.71. The molecule has 0 amide bonds. The molecule has 0 aromatic carbocycles. The molecule has 1 aliphatic carbocycles. The summed E-state index contributed by atoms with van der Waals surface area (Å²) in [6.07, 6.45) is 3.81. The van der Waals surface area contributed by atoms with E-state index in [1.165, 1.54) is 19.3 Å². The van der Waals surface area contributed by atoms with Gasteiger partial charge in [-0.1, -0.05) is 13.8 Å². The zero-order valence-corrected chi connectivity index (χ0v) is 10.7. The van der Waals surface area contributed by atoms with Crippen LogP contribution in [0.15, 0.2) is 0 Å². The van der Waals surface area contributed by atoms with Crippen LogP contribution in [0.3, 0.4) is 0 Å². The van der Waals surface area contributed by atoms with Crippen LogP contribution in [0.25, 0.3) is 0 Å². The Bertz CT molecular complexity index is 263. The maximum Gasteiger partial charge on any atom is 0.185 e. The van der Waals surface area contributed by atoms with Crippen molar-refractivity contribution in [1.29, 1.82) is 0 Å². The number of hydrogen-bond donors (Lipinski definition) is 2. The zero-order chi connectivity index (χ0) is 11.1. The summed E-state index contributed by atoms with van der Waals surface area (Å²) in [5, 5.41) is 6.38. The van der Waals surface area contributed by atoms with E-state index in [2.05, 4.69) is 36.5 Å².